The molecular weight excluding hydrogens is 352 g/mol. The van der Waals surface area contributed by atoms with Crippen LogP contribution in [0.5, 0.6) is 5.75 Å². The summed E-state index contributed by atoms with van der Waals surface area (Å²) >= 11 is 5.76. The largest absolute Gasteiger partial charge is 0.497 e. The van der Waals surface area contributed by atoms with Crippen molar-refractivity contribution in [3.63, 3.8) is 0 Å². The molecule has 6 nitrogen and oxygen atoms in total. The normalized spacial score (nSPS) is 11.1. The minimum absolute atomic E-state index is 0.0996. The van der Waals surface area contributed by atoms with Crippen molar-refractivity contribution in [3.05, 3.63) is 53.1 Å². The van der Waals surface area contributed by atoms with E-state index < -0.39 is 15.9 Å². The summed E-state index contributed by atoms with van der Waals surface area (Å²) in [7, 11) is -2.30. The Kier molecular flexibility index (Phi) is 5.82. The van der Waals surface area contributed by atoms with Gasteiger partial charge in [-0.25, -0.2) is 13.1 Å². The van der Waals surface area contributed by atoms with E-state index in [4.69, 9.17) is 16.3 Å². The lowest BCUT2D eigenvalue weighted by atomic mass is 10.2. The van der Waals surface area contributed by atoms with Gasteiger partial charge in [0.2, 0.25) is 15.9 Å². The number of anilines is 1. The zero-order chi connectivity index (χ0) is 17.7. The molecule has 0 spiro atoms. The molecule has 128 valence electrons. The summed E-state index contributed by atoms with van der Waals surface area (Å²) in [4.78, 5) is 12.0. The molecule has 0 atom stereocenters. The van der Waals surface area contributed by atoms with Crippen molar-refractivity contribution >= 4 is 33.2 Å². The first-order chi connectivity index (χ1) is 11.3. The summed E-state index contributed by atoms with van der Waals surface area (Å²) in [5.74, 6) is 0.0824. The fourth-order valence-electron chi connectivity index (χ4n) is 2.03. The van der Waals surface area contributed by atoms with Crippen molar-refractivity contribution in [2.45, 2.75) is 11.8 Å². The molecule has 0 aromatic heterocycles. The van der Waals surface area contributed by atoms with E-state index in [0.29, 0.717) is 22.0 Å². The fraction of sp³-hybridized carbons (Fsp3) is 0.188. The second kappa shape index (κ2) is 7.65. The maximum atomic E-state index is 12.3. The van der Waals surface area contributed by atoms with E-state index in [1.807, 2.05) is 0 Å². The lowest BCUT2D eigenvalue weighted by Crippen LogP contribution is -2.33. The Balaban J connectivity index is 2.01. The average molecular weight is 369 g/mol. The van der Waals surface area contributed by atoms with Crippen molar-refractivity contribution < 1.29 is 17.9 Å². The minimum Gasteiger partial charge on any atom is -0.497 e. The number of benzene rings is 2. The summed E-state index contributed by atoms with van der Waals surface area (Å²) in [6.45, 7) is 1.28. The van der Waals surface area contributed by atoms with Crippen molar-refractivity contribution in [1.29, 1.82) is 0 Å². The SMILES string of the molecule is COc1ccc(S(=O)(=O)NCC(=O)Nc2ccc(Cl)cc2)c(C)c1. The first-order valence-corrected chi connectivity index (χ1v) is 8.87. The Hall–Kier alpha value is -2.09. The predicted molar refractivity (Wildman–Crippen MR) is 93.0 cm³/mol. The Morgan fingerprint density at radius 2 is 1.83 bits per heavy atom. The monoisotopic (exact) mass is 368 g/mol. The Labute approximate surface area is 145 Å². The third-order valence-corrected chi connectivity index (χ3v) is 5.04. The van der Waals surface area contributed by atoms with Gasteiger partial charge in [-0.1, -0.05) is 11.6 Å². The third-order valence-electron chi connectivity index (χ3n) is 3.22. The van der Waals surface area contributed by atoms with Crippen molar-refractivity contribution in [1.82, 2.24) is 4.72 Å². The molecule has 2 N–H and O–H groups in total. The van der Waals surface area contributed by atoms with Gasteiger partial charge in [0.25, 0.3) is 0 Å². The van der Waals surface area contributed by atoms with Gasteiger partial charge in [0, 0.05) is 10.7 Å². The highest BCUT2D eigenvalue weighted by molar-refractivity contribution is 7.89. The van der Waals surface area contributed by atoms with Crippen LogP contribution >= 0.6 is 11.6 Å². The van der Waals surface area contributed by atoms with Gasteiger partial charge in [0.1, 0.15) is 5.75 Å². The zero-order valence-corrected chi connectivity index (χ0v) is 14.7. The number of carbonyl (C=O) groups excluding carboxylic acids is 1. The summed E-state index contributed by atoms with van der Waals surface area (Å²) in [6, 6.07) is 11.1. The van der Waals surface area contributed by atoms with Crippen LogP contribution in [-0.2, 0) is 14.8 Å². The van der Waals surface area contributed by atoms with Crippen LogP contribution in [0.25, 0.3) is 0 Å². The number of hydrogen-bond acceptors (Lipinski definition) is 4. The lowest BCUT2D eigenvalue weighted by Gasteiger charge is -2.11. The number of amides is 1. The lowest BCUT2D eigenvalue weighted by molar-refractivity contribution is -0.115. The average Bonchev–Trinajstić information content (AvgIpc) is 2.55. The molecule has 0 heterocycles. The van der Waals surface area contributed by atoms with Crippen molar-refractivity contribution in [2.24, 2.45) is 0 Å². The number of nitrogens with one attached hydrogen (secondary N) is 2. The van der Waals surface area contributed by atoms with E-state index in [1.54, 1.807) is 43.3 Å². The van der Waals surface area contributed by atoms with Crippen LogP contribution in [0.4, 0.5) is 5.69 Å². The van der Waals surface area contributed by atoms with Gasteiger partial charge in [-0.3, -0.25) is 4.79 Å². The van der Waals surface area contributed by atoms with Crippen LogP contribution in [-0.4, -0.2) is 28.0 Å². The number of methoxy groups -OCH3 is 1. The van der Waals surface area contributed by atoms with Crippen LogP contribution < -0.4 is 14.8 Å². The summed E-state index contributed by atoms with van der Waals surface area (Å²) in [5.41, 5.74) is 1.06. The highest BCUT2D eigenvalue weighted by Gasteiger charge is 2.18. The maximum Gasteiger partial charge on any atom is 0.241 e. The molecule has 0 aliphatic carbocycles. The second-order valence-electron chi connectivity index (χ2n) is 5.01. The number of hydrogen-bond donors (Lipinski definition) is 2. The number of sulfonamides is 1. The second-order valence-corrected chi connectivity index (χ2v) is 7.18. The molecule has 0 saturated heterocycles. The molecule has 0 unspecified atom stereocenters. The Morgan fingerprint density at radius 3 is 2.42 bits per heavy atom. The van der Waals surface area contributed by atoms with E-state index in [-0.39, 0.29) is 11.4 Å². The van der Waals surface area contributed by atoms with Gasteiger partial charge in [-0.05, 0) is 55.0 Å². The summed E-state index contributed by atoms with van der Waals surface area (Å²) in [5, 5.41) is 3.13. The van der Waals surface area contributed by atoms with Crippen LogP contribution in [0.3, 0.4) is 0 Å². The van der Waals surface area contributed by atoms with E-state index >= 15 is 0 Å². The molecule has 0 saturated carbocycles. The van der Waals surface area contributed by atoms with Crippen LogP contribution in [0, 0.1) is 6.92 Å². The fourth-order valence-corrected chi connectivity index (χ4v) is 3.36. The molecule has 2 aromatic rings. The first kappa shape index (κ1) is 18.3. The number of halogens is 1. The summed E-state index contributed by atoms with van der Waals surface area (Å²) in [6.07, 6.45) is 0. The highest BCUT2D eigenvalue weighted by atomic mass is 35.5. The van der Waals surface area contributed by atoms with Gasteiger partial charge in [0.05, 0.1) is 18.6 Å². The van der Waals surface area contributed by atoms with Crippen molar-refractivity contribution in [3.8, 4) is 5.75 Å². The molecule has 2 rings (SSSR count). The molecular formula is C16H17ClN2O4S. The van der Waals surface area contributed by atoms with Gasteiger partial charge in [-0.15, -0.1) is 0 Å². The number of aryl methyl sites for hydroxylation is 1. The quantitative estimate of drug-likeness (QED) is 0.820. The van der Waals surface area contributed by atoms with Gasteiger partial charge < -0.3 is 10.1 Å². The van der Waals surface area contributed by atoms with Crippen LogP contribution in [0.2, 0.25) is 5.02 Å². The highest BCUT2D eigenvalue weighted by Crippen LogP contribution is 2.20. The van der Waals surface area contributed by atoms with Crippen LogP contribution in [0.1, 0.15) is 5.56 Å². The number of ether oxygens (including phenoxy) is 1. The smallest absolute Gasteiger partial charge is 0.241 e. The van der Waals surface area contributed by atoms with Gasteiger partial charge in [-0.2, -0.15) is 0 Å². The maximum absolute atomic E-state index is 12.3. The van der Waals surface area contributed by atoms with E-state index in [2.05, 4.69) is 10.0 Å². The molecule has 8 heteroatoms. The summed E-state index contributed by atoms with van der Waals surface area (Å²) < 4.78 is 31.9. The zero-order valence-electron chi connectivity index (χ0n) is 13.2. The van der Waals surface area contributed by atoms with E-state index in [0.717, 1.165) is 0 Å². The molecule has 1 amide bonds. The molecule has 24 heavy (non-hydrogen) atoms. The number of rotatable bonds is 6. The minimum atomic E-state index is -3.80. The molecule has 0 aliphatic rings. The van der Waals surface area contributed by atoms with Gasteiger partial charge in [0.15, 0.2) is 0 Å². The van der Waals surface area contributed by atoms with Crippen molar-refractivity contribution in [2.75, 3.05) is 19.0 Å². The molecule has 0 radical (unpaired) electrons. The third kappa shape index (κ3) is 4.70. The standard InChI is InChI=1S/C16H17ClN2O4S/c1-11-9-14(23-2)7-8-15(11)24(21,22)18-10-16(20)19-13-5-3-12(17)4-6-13/h3-9,18H,10H2,1-2H3,(H,19,20). The number of carbonyl (C=O) groups is 1. The molecule has 2 aromatic carbocycles. The van der Waals surface area contributed by atoms with E-state index in [9.17, 15) is 13.2 Å². The molecule has 0 fully saturated rings. The van der Waals surface area contributed by atoms with Crippen LogP contribution in [0.15, 0.2) is 47.4 Å². The Bertz CT molecular complexity index is 836. The first-order valence-electron chi connectivity index (χ1n) is 7.01. The molecule has 0 aliphatic heterocycles. The Morgan fingerprint density at radius 1 is 1.17 bits per heavy atom. The topological polar surface area (TPSA) is 84.5 Å². The van der Waals surface area contributed by atoms with E-state index in [1.165, 1.54) is 13.2 Å². The predicted octanol–water partition coefficient (Wildman–Crippen LogP) is 2.57. The molecule has 0 bridgehead atoms. The van der Waals surface area contributed by atoms with Gasteiger partial charge >= 0.3 is 0 Å².